The third kappa shape index (κ3) is 5.06. The Morgan fingerprint density at radius 2 is 1.71 bits per heavy atom. The number of aryl methyl sites for hydroxylation is 1. The van der Waals surface area contributed by atoms with E-state index in [0.29, 0.717) is 17.7 Å². The molecule has 160 valence electrons. The molecule has 0 heterocycles. The van der Waals surface area contributed by atoms with E-state index >= 15 is 0 Å². The van der Waals surface area contributed by atoms with Crippen molar-refractivity contribution in [2.24, 2.45) is 0 Å². The van der Waals surface area contributed by atoms with E-state index in [-0.39, 0.29) is 28.8 Å². The maximum absolute atomic E-state index is 13.5. The Bertz CT molecular complexity index is 1160. The third-order valence-electron chi connectivity index (χ3n) is 4.29. The molecule has 1 N–H and O–H groups in total. The number of carbonyl (C=O) groups is 2. The fraction of sp³-hybridized carbons (Fsp3) is 0.0909. The molecular formula is C22H14F5NO3. The largest absolute Gasteiger partial charge is 0.456 e. The number of amides is 1. The molecule has 0 atom stereocenters. The van der Waals surface area contributed by atoms with E-state index in [1.54, 1.807) is 0 Å². The summed E-state index contributed by atoms with van der Waals surface area (Å²) in [5, 5.41) is 2.38. The first-order valence-corrected chi connectivity index (χ1v) is 8.80. The average molecular weight is 435 g/mol. The number of halogens is 5. The number of alkyl halides is 3. The summed E-state index contributed by atoms with van der Waals surface area (Å²) >= 11 is 0. The van der Waals surface area contributed by atoms with Crippen LogP contribution in [0.3, 0.4) is 0 Å². The fourth-order valence-electron chi connectivity index (χ4n) is 2.73. The number of rotatable bonds is 5. The molecular weight excluding hydrogens is 421 g/mol. The summed E-state index contributed by atoms with van der Waals surface area (Å²) in [6.07, 6.45) is -4.43. The lowest BCUT2D eigenvalue weighted by molar-refractivity contribution is -0.137. The fourth-order valence-corrected chi connectivity index (χ4v) is 2.73. The van der Waals surface area contributed by atoms with Gasteiger partial charge in [0.25, 0.3) is 5.91 Å². The SMILES string of the molecule is Cc1cc(F)ccc1Oc1cc(C(F)(F)F)ccc1C(=O)Nc1ccc(F)c(C=O)c1. The number of carbonyl (C=O) groups excluding carboxylic acids is 2. The van der Waals surface area contributed by atoms with Crippen LogP contribution in [0.5, 0.6) is 11.5 Å². The summed E-state index contributed by atoms with van der Waals surface area (Å²) in [4.78, 5) is 23.6. The minimum absolute atomic E-state index is 0.0531. The van der Waals surface area contributed by atoms with Crippen molar-refractivity contribution in [3.8, 4) is 11.5 Å². The van der Waals surface area contributed by atoms with Crippen molar-refractivity contribution in [2.75, 3.05) is 5.32 Å². The van der Waals surface area contributed by atoms with Gasteiger partial charge in [-0.15, -0.1) is 0 Å². The van der Waals surface area contributed by atoms with Crippen LogP contribution in [0.1, 0.15) is 31.8 Å². The van der Waals surface area contributed by atoms with Gasteiger partial charge in [-0.3, -0.25) is 9.59 Å². The van der Waals surface area contributed by atoms with Crippen LogP contribution < -0.4 is 10.1 Å². The molecule has 0 aromatic heterocycles. The molecule has 0 fully saturated rings. The van der Waals surface area contributed by atoms with Crippen molar-refractivity contribution < 1.29 is 36.3 Å². The zero-order chi connectivity index (χ0) is 22.8. The average Bonchev–Trinajstić information content (AvgIpc) is 2.70. The lowest BCUT2D eigenvalue weighted by Crippen LogP contribution is -2.15. The number of ether oxygens (including phenoxy) is 1. The predicted molar refractivity (Wildman–Crippen MR) is 102 cm³/mol. The summed E-state index contributed by atoms with van der Waals surface area (Å²) in [6, 6.07) is 8.94. The molecule has 1 amide bonds. The predicted octanol–water partition coefficient (Wildman–Crippen LogP) is 6.15. The Balaban J connectivity index is 2.00. The standard InChI is InChI=1S/C22H14F5NO3/c1-12-8-15(23)3-7-19(12)31-20-10-14(22(25,26)27)2-5-17(20)21(30)28-16-4-6-18(24)13(9-16)11-29/h2-11H,1H3,(H,28,30). The lowest BCUT2D eigenvalue weighted by atomic mass is 10.1. The molecule has 31 heavy (non-hydrogen) atoms. The van der Waals surface area contributed by atoms with E-state index in [2.05, 4.69) is 5.32 Å². The highest BCUT2D eigenvalue weighted by molar-refractivity contribution is 6.06. The summed E-state index contributed by atoms with van der Waals surface area (Å²) in [5.74, 6) is -2.57. The van der Waals surface area contributed by atoms with Crippen LogP contribution in [0.15, 0.2) is 54.6 Å². The summed E-state index contributed by atoms with van der Waals surface area (Å²) in [7, 11) is 0. The van der Waals surface area contributed by atoms with Gasteiger partial charge in [-0.25, -0.2) is 8.78 Å². The van der Waals surface area contributed by atoms with Crippen molar-refractivity contribution in [3.05, 3.63) is 88.5 Å². The van der Waals surface area contributed by atoms with Gasteiger partial charge in [-0.2, -0.15) is 13.2 Å². The van der Waals surface area contributed by atoms with Crippen LogP contribution in [0.25, 0.3) is 0 Å². The Morgan fingerprint density at radius 1 is 0.968 bits per heavy atom. The van der Waals surface area contributed by atoms with Crippen LogP contribution in [0.4, 0.5) is 27.6 Å². The summed E-state index contributed by atoms with van der Waals surface area (Å²) in [6.45, 7) is 1.49. The number of benzene rings is 3. The number of nitrogens with one attached hydrogen (secondary N) is 1. The van der Waals surface area contributed by atoms with Crippen LogP contribution in [0, 0.1) is 18.6 Å². The Labute approximate surface area is 173 Å². The monoisotopic (exact) mass is 435 g/mol. The molecule has 0 saturated heterocycles. The van der Waals surface area contributed by atoms with E-state index in [1.165, 1.54) is 19.1 Å². The van der Waals surface area contributed by atoms with Gasteiger partial charge in [0.1, 0.15) is 23.1 Å². The summed E-state index contributed by atoms with van der Waals surface area (Å²) < 4.78 is 71.8. The van der Waals surface area contributed by atoms with Crippen LogP contribution >= 0.6 is 0 Å². The number of anilines is 1. The molecule has 4 nitrogen and oxygen atoms in total. The van der Waals surface area contributed by atoms with Crippen LogP contribution in [0.2, 0.25) is 0 Å². The highest BCUT2D eigenvalue weighted by Crippen LogP contribution is 2.36. The van der Waals surface area contributed by atoms with Crippen molar-refractivity contribution in [2.45, 2.75) is 13.1 Å². The van der Waals surface area contributed by atoms with Gasteiger partial charge < -0.3 is 10.1 Å². The van der Waals surface area contributed by atoms with Crippen LogP contribution in [-0.2, 0) is 6.18 Å². The first-order chi connectivity index (χ1) is 14.6. The van der Waals surface area contributed by atoms with Gasteiger partial charge in [-0.05, 0) is 67.1 Å². The molecule has 0 aliphatic heterocycles. The Morgan fingerprint density at radius 3 is 2.35 bits per heavy atom. The molecule has 3 aromatic carbocycles. The van der Waals surface area contributed by atoms with Gasteiger partial charge in [0.2, 0.25) is 0 Å². The second-order valence-corrected chi connectivity index (χ2v) is 6.53. The topological polar surface area (TPSA) is 55.4 Å². The zero-order valence-electron chi connectivity index (χ0n) is 15.9. The smallest absolute Gasteiger partial charge is 0.416 e. The minimum atomic E-state index is -4.69. The maximum atomic E-state index is 13.5. The maximum Gasteiger partial charge on any atom is 0.416 e. The molecule has 3 rings (SSSR count). The van der Waals surface area contributed by atoms with E-state index < -0.39 is 35.0 Å². The van der Waals surface area contributed by atoms with Crippen molar-refractivity contribution in [1.29, 1.82) is 0 Å². The molecule has 0 aliphatic carbocycles. The van der Waals surface area contributed by atoms with Gasteiger partial charge in [0.05, 0.1) is 16.7 Å². The minimum Gasteiger partial charge on any atom is -0.456 e. The number of hydrogen-bond donors (Lipinski definition) is 1. The van der Waals surface area contributed by atoms with Gasteiger partial charge in [0.15, 0.2) is 6.29 Å². The highest BCUT2D eigenvalue weighted by atomic mass is 19.4. The molecule has 3 aromatic rings. The third-order valence-corrected chi connectivity index (χ3v) is 4.29. The van der Waals surface area contributed by atoms with Gasteiger partial charge in [0, 0.05) is 5.69 Å². The van der Waals surface area contributed by atoms with Crippen molar-refractivity contribution in [3.63, 3.8) is 0 Å². The van der Waals surface area contributed by atoms with E-state index in [4.69, 9.17) is 4.74 Å². The molecule has 0 radical (unpaired) electrons. The molecule has 0 saturated carbocycles. The van der Waals surface area contributed by atoms with Crippen molar-refractivity contribution >= 4 is 17.9 Å². The second kappa shape index (κ2) is 8.55. The van der Waals surface area contributed by atoms with E-state index in [9.17, 15) is 31.5 Å². The first-order valence-electron chi connectivity index (χ1n) is 8.80. The molecule has 0 spiro atoms. The normalized spacial score (nSPS) is 11.2. The first kappa shape index (κ1) is 21.9. The van der Waals surface area contributed by atoms with E-state index in [1.807, 2.05) is 0 Å². The number of aldehydes is 1. The quantitative estimate of drug-likeness (QED) is 0.386. The molecule has 9 heteroatoms. The van der Waals surface area contributed by atoms with Gasteiger partial charge >= 0.3 is 6.18 Å². The Kier molecular flexibility index (Phi) is 6.05. The molecule has 0 unspecified atom stereocenters. The zero-order valence-corrected chi connectivity index (χ0v) is 15.9. The number of hydrogen-bond acceptors (Lipinski definition) is 3. The van der Waals surface area contributed by atoms with E-state index in [0.717, 1.165) is 30.3 Å². The lowest BCUT2D eigenvalue weighted by Gasteiger charge is -2.16. The summed E-state index contributed by atoms with van der Waals surface area (Å²) in [5.41, 5.74) is -1.25. The highest BCUT2D eigenvalue weighted by Gasteiger charge is 2.32. The van der Waals surface area contributed by atoms with Crippen LogP contribution in [-0.4, -0.2) is 12.2 Å². The Hall–Kier alpha value is -3.75. The second-order valence-electron chi connectivity index (χ2n) is 6.53. The van der Waals surface area contributed by atoms with Crippen molar-refractivity contribution in [1.82, 2.24) is 0 Å². The molecule has 0 aliphatic rings. The van der Waals surface area contributed by atoms with Gasteiger partial charge in [-0.1, -0.05) is 0 Å². The molecule has 0 bridgehead atoms.